The molecule has 3 rings (SSSR count). The van der Waals surface area contributed by atoms with E-state index in [1.807, 2.05) is 59.5 Å². The fraction of sp³-hybridized carbons (Fsp3) is 0.440. The van der Waals surface area contributed by atoms with Gasteiger partial charge in [-0.05, 0) is 35.2 Å². The first-order valence-corrected chi connectivity index (χ1v) is 10.8. The number of carbonyl (C=O) groups excluding carboxylic acids is 2. The number of nitrogens with zero attached hydrogens (tertiary/aromatic N) is 2. The molecule has 0 aliphatic carbocycles. The van der Waals surface area contributed by atoms with E-state index in [0.717, 1.165) is 43.1 Å². The van der Waals surface area contributed by atoms with Crippen molar-refractivity contribution >= 4 is 23.2 Å². The Balaban J connectivity index is 1.42. The maximum Gasteiger partial charge on any atom is 0.250 e. The van der Waals surface area contributed by atoms with Gasteiger partial charge in [-0.25, -0.2) is 0 Å². The minimum atomic E-state index is -0.172. The van der Waals surface area contributed by atoms with Gasteiger partial charge in [-0.15, -0.1) is 0 Å². The Kier molecular flexibility index (Phi) is 7.69. The molecule has 2 aromatic carbocycles. The smallest absolute Gasteiger partial charge is 0.250 e. The highest BCUT2D eigenvalue weighted by Crippen LogP contribution is 2.23. The van der Waals surface area contributed by atoms with E-state index in [-0.39, 0.29) is 23.8 Å². The maximum absolute atomic E-state index is 12.4. The summed E-state index contributed by atoms with van der Waals surface area (Å²) in [6, 6.07) is 17.6. The van der Waals surface area contributed by atoms with Crippen LogP contribution in [0, 0.1) is 5.41 Å². The van der Waals surface area contributed by atoms with E-state index in [1.165, 1.54) is 0 Å². The molecule has 2 amide bonds. The van der Waals surface area contributed by atoms with E-state index in [1.54, 1.807) is 0 Å². The number of piperazine rings is 1. The number of benzene rings is 2. The zero-order valence-electron chi connectivity index (χ0n) is 18.8. The van der Waals surface area contributed by atoms with Crippen LogP contribution >= 0.6 is 0 Å². The first-order chi connectivity index (χ1) is 14.8. The summed E-state index contributed by atoms with van der Waals surface area (Å²) < 4.78 is 5.48. The number of hydrogen-bond acceptors (Lipinski definition) is 4. The molecule has 0 saturated carbocycles. The molecular formula is C25H33N3O3. The lowest BCUT2D eigenvalue weighted by molar-refractivity contribution is -0.133. The van der Waals surface area contributed by atoms with Crippen LogP contribution in [0.1, 0.15) is 32.8 Å². The largest absolute Gasteiger partial charge is 0.368 e. The number of anilines is 2. The molecular weight excluding hydrogens is 390 g/mol. The minimum absolute atomic E-state index is 0.0149. The Morgan fingerprint density at radius 3 is 2.19 bits per heavy atom. The average molecular weight is 424 g/mol. The van der Waals surface area contributed by atoms with E-state index in [2.05, 4.69) is 31.0 Å². The van der Waals surface area contributed by atoms with Gasteiger partial charge in [0, 0.05) is 44.0 Å². The summed E-state index contributed by atoms with van der Waals surface area (Å²) in [5.74, 6) is 0.0642. The van der Waals surface area contributed by atoms with Crippen LogP contribution in [0.4, 0.5) is 11.4 Å². The Morgan fingerprint density at radius 2 is 1.58 bits per heavy atom. The van der Waals surface area contributed by atoms with Crippen molar-refractivity contribution in [2.24, 2.45) is 5.41 Å². The van der Waals surface area contributed by atoms with Gasteiger partial charge in [-0.2, -0.15) is 0 Å². The number of hydrogen-bond donors (Lipinski definition) is 1. The Hall–Kier alpha value is -2.86. The lowest BCUT2D eigenvalue weighted by Gasteiger charge is -2.37. The summed E-state index contributed by atoms with van der Waals surface area (Å²) in [5, 5.41) is 2.87. The van der Waals surface area contributed by atoms with E-state index in [0.29, 0.717) is 13.0 Å². The molecule has 0 radical (unpaired) electrons. The first kappa shape index (κ1) is 22.8. The van der Waals surface area contributed by atoms with Gasteiger partial charge in [0.25, 0.3) is 0 Å². The zero-order chi connectivity index (χ0) is 22.3. The topological polar surface area (TPSA) is 61.9 Å². The molecule has 1 fully saturated rings. The van der Waals surface area contributed by atoms with Gasteiger partial charge in [0.2, 0.25) is 11.8 Å². The van der Waals surface area contributed by atoms with Gasteiger partial charge >= 0.3 is 0 Å². The minimum Gasteiger partial charge on any atom is -0.368 e. The summed E-state index contributed by atoms with van der Waals surface area (Å²) in [6.07, 6.45) is 0.580. The van der Waals surface area contributed by atoms with Crippen molar-refractivity contribution in [3.8, 4) is 0 Å². The highest BCUT2D eigenvalue weighted by atomic mass is 16.5. The SMILES string of the molecule is CC(C)(C)CC(=O)N1CCN(c2ccc(NC(=O)COCc3ccccc3)cc2)CC1. The molecule has 2 aromatic rings. The summed E-state index contributed by atoms with van der Waals surface area (Å²) >= 11 is 0. The van der Waals surface area contributed by atoms with Gasteiger partial charge in [-0.3, -0.25) is 9.59 Å². The van der Waals surface area contributed by atoms with Crippen LogP contribution in [0.2, 0.25) is 0 Å². The second kappa shape index (κ2) is 10.4. The molecule has 166 valence electrons. The Labute approximate surface area is 185 Å². The van der Waals surface area contributed by atoms with Crippen LogP contribution in [-0.4, -0.2) is 49.5 Å². The third kappa shape index (κ3) is 7.40. The van der Waals surface area contributed by atoms with E-state index in [9.17, 15) is 9.59 Å². The van der Waals surface area contributed by atoms with E-state index in [4.69, 9.17) is 4.74 Å². The lowest BCUT2D eigenvalue weighted by Crippen LogP contribution is -2.49. The number of carbonyl (C=O) groups is 2. The predicted octanol–water partition coefficient (Wildman–Crippen LogP) is 3.93. The van der Waals surface area contributed by atoms with Crippen LogP contribution in [-0.2, 0) is 20.9 Å². The van der Waals surface area contributed by atoms with Crippen molar-refractivity contribution < 1.29 is 14.3 Å². The Morgan fingerprint density at radius 1 is 0.935 bits per heavy atom. The van der Waals surface area contributed by atoms with Gasteiger partial charge in [0.15, 0.2) is 0 Å². The van der Waals surface area contributed by atoms with Crippen LogP contribution < -0.4 is 10.2 Å². The number of ether oxygens (including phenoxy) is 1. The fourth-order valence-electron chi connectivity index (χ4n) is 3.57. The monoisotopic (exact) mass is 423 g/mol. The molecule has 0 spiro atoms. The molecule has 31 heavy (non-hydrogen) atoms. The number of nitrogens with one attached hydrogen (secondary N) is 1. The van der Waals surface area contributed by atoms with Crippen LogP contribution in [0.15, 0.2) is 54.6 Å². The zero-order valence-corrected chi connectivity index (χ0v) is 18.8. The second-order valence-electron chi connectivity index (χ2n) is 9.18. The maximum atomic E-state index is 12.4. The highest BCUT2D eigenvalue weighted by molar-refractivity contribution is 5.91. The first-order valence-electron chi connectivity index (χ1n) is 10.8. The summed E-state index contributed by atoms with van der Waals surface area (Å²) in [7, 11) is 0. The van der Waals surface area contributed by atoms with Crippen LogP contribution in [0.25, 0.3) is 0 Å². The highest BCUT2D eigenvalue weighted by Gasteiger charge is 2.24. The molecule has 1 N–H and O–H groups in total. The number of amides is 2. The molecule has 1 aliphatic heterocycles. The summed E-state index contributed by atoms with van der Waals surface area (Å²) in [4.78, 5) is 28.8. The molecule has 6 heteroatoms. The van der Waals surface area contributed by atoms with Gasteiger partial charge < -0.3 is 19.9 Å². The van der Waals surface area contributed by atoms with Crippen molar-refractivity contribution in [1.29, 1.82) is 0 Å². The quantitative estimate of drug-likeness (QED) is 0.733. The van der Waals surface area contributed by atoms with Crippen molar-refractivity contribution in [3.63, 3.8) is 0 Å². The predicted molar refractivity (Wildman–Crippen MR) is 124 cm³/mol. The van der Waals surface area contributed by atoms with Crippen LogP contribution in [0.3, 0.4) is 0 Å². The third-order valence-corrected chi connectivity index (χ3v) is 5.17. The summed E-state index contributed by atoms with van der Waals surface area (Å²) in [6.45, 7) is 9.82. The van der Waals surface area contributed by atoms with Crippen molar-refractivity contribution in [2.75, 3.05) is 43.0 Å². The van der Waals surface area contributed by atoms with E-state index < -0.39 is 0 Å². The number of rotatable bonds is 7. The van der Waals surface area contributed by atoms with Gasteiger partial charge in [0.1, 0.15) is 6.61 Å². The van der Waals surface area contributed by atoms with Crippen molar-refractivity contribution in [2.45, 2.75) is 33.8 Å². The standard InChI is InChI=1S/C25H33N3O3/c1-25(2,3)17-24(30)28-15-13-27(14-16-28)22-11-9-21(10-12-22)26-23(29)19-31-18-20-7-5-4-6-8-20/h4-12H,13-19H2,1-3H3,(H,26,29). The third-order valence-electron chi connectivity index (χ3n) is 5.17. The molecule has 0 aromatic heterocycles. The van der Waals surface area contributed by atoms with Crippen LogP contribution in [0.5, 0.6) is 0 Å². The van der Waals surface area contributed by atoms with E-state index >= 15 is 0 Å². The van der Waals surface area contributed by atoms with Gasteiger partial charge in [-0.1, -0.05) is 51.1 Å². The molecule has 1 saturated heterocycles. The second-order valence-corrected chi connectivity index (χ2v) is 9.18. The normalized spacial score (nSPS) is 14.4. The molecule has 0 atom stereocenters. The fourth-order valence-corrected chi connectivity index (χ4v) is 3.57. The average Bonchev–Trinajstić information content (AvgIpc) is 2.74. The molecule has 0 bridgehead atoms. The van der Waals surface area contributed by atoms with Gasteiger partial charge in [0.05, 0.1) is 6.61 Å². The molecule has 1 aliphatic rings. The lowest BCUT2D eigenvalue weighted by atomic mass is 9.91. The molecule has 1 heterocycles. The molecule has 0 unspecified atom stereocenters. The van der Waals surface area contributed by atoms with Crippen molar-refractivity contribution in [3.05, 3.63) is 60.2 Å². The van der Waals surface area contributed by atoms with Crippen molar-refractivity contribution in [1.82, 2.24) is 4.90 Å². The summed E-state index contributed by atoms with van der Waals surface area (Å²) in [5.41, 5.74) is 2.90. The Bertz CT molecular complexity index is 852. The molecule has 6 nitrogen and oxygen atoms in total.